The maximum absolute atomic E-state index is 12.0. The van der Waals surface area contributed by atoms with Gasteiger partial charge in [0.1, 0.15) is 0 Å². The molecule has 0 aromatic carbocycles. The monoisotopic (exact) mass is 274 g/mol. The Morgan fingerprint density at radius 1 is 1.21 bits per heavy atom. The molecule has 0 saturated carbocycles. The van der Waals surface area contributed by atoms with Gasteiger partial charge in [-0.3, -0.25) is 0 Å². The molecule has 0 aromatic rings. The van der Waals surface area contributed by atoms with Gasteiger partial charge in [-0.15, -0.1) is 0 Å². The molecule has 0 radical (unpaired) electrons. The third-order valence-corrected chi connectivity index (χ3v) is 3.28. The zero-order valence-electron chi connectivity index (χ0n) is 12.1. The first-order valence-electron chi connectivity index (χ1n) is 6.42. The minimum Gasteiger partial charge on any atom is -0.467 e. The van der Waals surface area contributed by atoms with Crippen LogP contribution in [0.3, 0.4) is 0 Å². The van der Waals surface area contributed by atoms with Crippen molar-refractivity contribution in [2.24, 2.45) is 0 Å². The van der Waals surface area contributed by atoms with Crippen molar-refractivity contribution in [1.82, 2.24) is 0 Å². The van der Waals surface area contributed by atoms with Crippen molar-refractivity contribution in [3.63, 3.8) is 0 Å². The molecule has 0 aromatic heterocycles. The highest BCUT2D eigenvalue weighted by Gasteiger charge is 2.54. The Bertz CT molecular complexity index is 364. The molecule has 0 spiro atoms. The van der Waals surface area contributed by atoms with Crippen LogP contribution in [0.5, 0.6) is 0 Å². The number of methoxy groups -OCH3 is 1. The fraction of sp³-hybridized carbons (Fsp3) is 0.923. The Hall–Kier alpha value is -0.690. The minimum absolute atomic E-state index is 0.160. The van der Waals surface area contributed by atoms with Gasteiger partial charge >= 0.3 is 5.97 Å². The molecule has 2 aliphatic rings. The number of hydrogen-bond acceptors (Lipinski definition) is 6. The van der Waals surface area contributed by atoms with Crippen molar-refractivity contribution in [3.05, 3.63) is 0 Å². The standard InChI is InChI=1S/C13H22O6/c1-11(2)16-7-9(18-11)6-13(10(14)15-5)8-17-12(3,4)19-13/h9H,6-8H2,1-5H3. The highest BCUT2D eigenvalue weighted by molar-refractivity contribution is 5.80. The maximum atomic E-state index is 12.0. The van der Waals surface area contributed by atoms with E-state index in [1.807, 2.05) is 13.8 Å². The lowest BCUT2D eigenvalue weighted by Crippen LogP contribution is -2.47. The van der Waals surface area contributed by atoms with Crippen molar-refractivity contribution in [1.29, 1.82) is 0 Å². The largest absolute Gasteiger partial charge is 0.467 e. The van der Waals surface area contributed by atoms with Gasteiger partial charge < -0.3 is 23.7 Å². The third-order valence-electron chi connectivity index (χ3n) is 3.28. The van der Waals surface area contributed by atoms with E-state index in [1.54, 1.807) is 13.8 Å². The molecular weight excluding hydrogens is 252 g/mol. The first kappa shape index (κ1) is 14.7. The van der Waals surface area contributed by atoms with Crippen LogP contribution in [-0.4, -0.2) is 49.6 Å². The third kappa shape index (κ3) is 3.08. The van der Waals surface area contributed by atoms with E-state index >= 15 is 0 Å². The van der Waals surface area contributed by atoms with E-state index in [0.29, 0.717) is 13.0 Å². The molecule has 0 amide bonds. The summed E-state index contributed by atoms with van der Waals surface area (Å²) in [5, 5.41) is 0. The molecule has 2 unspecified atom stereocenters. The van der Waals surface area contributed by atoms with Gasteiger partial charge in [0, 0.05) is 6.42 Å². The van der Waals surface area contributed by atoms with Gasteiger partial charge in [0.2, 0.25) is 0 Å². The molecule has 0 bridgehead atoms. The summed E-state index contributed by atoms with van der Waals surface area (Å²) in [6, 6.07) is 0. The van der Waals surface area contributed by atoms with Crippen molar-refractivity contribution >= 4 is 5.97 Å². The Balaban J connectivity index is 2.10. The number of esters is 1. The van der Waals surface area contributed by atoms with E-state index in [0.717, 1.165) is 0 Å². The molecule has 19 heavy (non-hydrogen) atoms. The minimum atomic E-state index is -1.12. The molecule has 6 nitrogen and oxygen atoms in total. The second-order valence-corrected chi connectivity index (χ2v) is 5.93. The number of rotatable bonds is 3. The van der Waals surface area contributed by atoms with Crippen LogP contribution in [0, 0.1) is 0 Å². The summed E-state index contributed by atoms with van der Waals surface area (Å²) in [7, 11) is 1.34. The quantitative estimate of drug-likeness (QED) is 0.721. The number of ether oxygens (including phenoxy) is 5. The zero-order chi connectivity index (χ0) is 14.3. The lowest BCUT2D eigenvalue weighted by atomic mass is 9.97. The topological polar surface area (TPSA) is 63.2 Å². The van der Waals surface area contributed by atoms with Gasteiger partial charge in [-0.25, -0.2) is 4.79 Å². The van der Waals surface area contributed by atoms with Crippen molar-refractivity contribution in [3.8, 4) is 0 Å². The predicted octanol–water partition coefficient (Wildman–Crippen LogP) is 1.22. The van der Waals surface area contributed by atoms with Crippen LogP contribution in [0.2, 0.25) is 0 Å². The van der Waals surface area contributed by atoms with Crippen LogP contribution >= 0.6 is 0 Å². The molecule has 2 saturated heterocycles. The fourth-order valence-electron chi connectivity index (χ4n) is 2.52. The summed E-state index contributed by atoms with van der Waals surface area (Å²) in [6.07, 6.45) is 0.138. The number of carbonyl (C=O) groups is 1. The predicted molar refractivity (Wildman–Crippen MR) is 65.4 cm³/mol. The highest BCUT2D eigenvalue weighted by Crippen LogP contribution is 2.38. The second kappa shape index (κ2) is 4.70. The van der Waals surface area contributed by atoms with Crippen LogP contribution in [0.15, 0.2) is 0 Å². The fourth-order valence-corrected chi connectivity index (χ4v) is 2.52. The van der Waals surface area contributed by atoms with E-state index < -0.39 is 23.1 Å². The van der Waals surface area contributed by atoms with Gasteiger partial charge in [-0.2, -0.15) is 0 Å². The summed E-state index contributed by atoms with van der Waals surface area (Å²) >= 11 is 0. The van der Waals surface area contributed by atoms with Crippen LogP contribution in [0.4, 0.5) is 0 Å². The molecule has 2 heterocycles. The van der Waals surface area contributed by atoms with Crippen LogP contribution in [0.1, 0.15) is 34.1 Å². The zero-order valence-corrected chi connectivity index (χ0v) is 12.1. The maximum Gasteiger partial charge on any atom is 0.340 e. The van der Waals surface area contributed by atoms with Crippen LogP contribution in [-0.2, 0) is 28.5 Å². The molecule has 2 atom stereocenters. The van der Waals surface area contributed by atoms with Gasteiger partial charge in [0.25, 0.3) is 0 Å². The Morgan fingerprint density at radius 3 is 2.32 bits per heavy atom. The lowest BCUT2D eigenvalue weighted by Gasteiger charge is -2.28. The second-order valence-electron chi connectivity index (χ2n) is 5.93. The van der Waals surface area contributed by atoms with E-state index in [-0.39, 0.29) is 12.7 Å². The van der Waals surface area contributed by atoms with Crippen molar-refractivity contribution < 1.29 is 28.5 Å². The summed E-state index contributed by atoms with van der Waals surface area (Å²) in [4.78, 5) is 12.0. The molecule has 110 valence electrons. The van der Waals surface area contributed by atoms with E-state index in [9.17, 15) is 4.79 Å². The van der Waals surface area contributed by atoms with E-state index in [4.69, 9.17) is 23.7 Å². The van der Waals surface area contributed by atoms with Gasteiger partial charge in [0.15, 0.2) is 17.2 Å². The van der Waals surface area contributed by atoms with Gasteiger partial charge in [0.05, 0.1) is 26.4 Å². The first-order chi connectivity index (χ1) is 8.68. The van der Waals surface area contributed by atoms with Gasteiger partial charge in [-0.1, -0.05) is 0 Å². The molecular formula is C13H22O6. The number of carbonyl (C=O) groups excluding carboxylic acids is 1. The Kier molecular flexibility index (Phi) is 3.64. The van der Waals surface area contributed by atoms with Crippen molar-refractivity contribution in [2.45, 2.75) is 57.4 Å². The average Bonchev–Trinajstić information content (AvgIpc) is 2.79. The van der Waals surface area contributed by atoms with E-state index in [1.165, 1.54) is 7.11 Å². The molecule has 0 N–H and O–H groups in total. The molecule has 2 aliphatic heterocycles. The summed E-state index contributed by atoms with van der Waals surface area (Å²) in [5.74, 6) is -1.87. The molecule has 0 aliphatic carbocycles. The van der Waals surface area contributed by atoms with Gasteiger partial charge in [-0.05, 0) is 27.7 Å². The Morgan fingerprint density at radius 2 is 1.89 bits per heavy atom. The normalized spacial score (nSPS) is 36.4. The summed E-state index contributed by atoms with van der Waals surface area (Å²) < 4.78 is 27.4. The van der Waals surface area contributed by atoms with Crippen LogP contribution in [0.25, 0.3) is 0 Å². The SMILES string of the molecule is COC(=O)C1(CC2COC(C)(C)O2)COC(C)(C)O1. The van der Waals surface area contributed by atoms with Crippen LogP contribution < -0.4 is 0 Å². The summed E-state index contributed by atoms with van der Waals surface area (Å²) in [5.41, 5.74) is -1.12. The highest BCUT2D eigenvalue weighted by atomic mass is 16.8. The van der Waals surface area contributed by atoms with Crippen molar-refractivity contribution in [2.75, 3.05) is 20.3 Å². The molecule has 2 fully saturated rings. The molecule has 6 heteroatoms. The number of hydrogen-bond donors (Lipinski definition) is 0. The van der Waals surface area contributed by atoms with E-state index in [2.05, 4.69) is 0 Å². The summed E-state index contributed by atoms with van der Waals surface area (Å²) in [6.45, 7) is 7.81. The smallest absolute Gasteiger partial charge is 0.340 e. The molecule has 2 rings (SSSR count). The Labute approximate surface area is 113 Å². The average molecular weight is 274 g/mol. The lowest BCUT2D eigenvalue weighted by molar-refractivity contribution is -0.196. The first-order valence-corrected chi connectivity index (χ1v) is 6.42.